The van der Waals surface area contributed by atoms with Gasteiger partial charge < -0.3 is 16.0 Å². The molecule has 1 heterocycles. The number of nitrogens with one attached hydrogen (secondary N) is 2. The number of piperidine rings is 1. The highest BCUT2D eigenvalue weighted by atomic mass is 35.5. The number of benzene rings is 1. The molecule has 1 aromatic rings. The summed E-state index contributed by atoms with van der Waals surface area (Å²) in [6.07, 6.45) is 1.52. The third-order valence-electron chi connectivity index (χ3n) is 3.98. The Morgan fingerprint density at radius 1 is 1.38 bits per heavy atom. The van der Waals surface area contributed by atoms with Gasteiger partial charge in [-0.05, 0) is 24.6 Å². The number of amides is 2. The van der Waals surface area contributed by atoms with E-state index < -0.39 is 0 Å². The Balaban J connectivity index is 1.85. The van der Waals surface area contributed by atoms with Crippen molar-refractivity contribution in [1.82, 2.24) is 0 Å². The molecule has 1 fully saturated rings. The van der Waals surface area contributed by atoms with Crippen LogP contribution in [0.15, 0.2) is 18.2 Å². The van der Waals surface area contributed by atoms with Gasteiger partial charge in [0.2, 0.25) is 5.91 Å². The topological polar surface area (TPSA) is 76.6 Å². The molecule has 0 bridgehead atoms. The van der Waals surface area contributed by atoms with Gasteiger partial charge in [0, 0.05) is 29.5 Å². The third-order valence-corrected chi connectivity index (χ3v) is 4.21. The quantitative estimate of drug-likeness (QED) is 0.751. The minimum absolute atomic E-state index is 0.0344. The molecular weight excluding hydrogens is 290 g/mol. The number of likely N-dealkylation sites (tertiary alicyclic amines) is 1. The van der Waals surface area contributed by atoms with Crippen LogP contribution in [0.3, 0.4) is 0 Å². The predicted molar refractivity (Wildman–Crippen MR) is 82.3 cm³/mol. The zero-order chi connectivity index (χ0) is 15.4. The van der Waals surface area contributed by atoms with Crippen molar-refractivity contribution in [2.45, 2.75) is 19.8 Å². The Labute approximate surface area is 129 Å². The van der Waals surface area contributed by atoms with Crippen LogP contribution in [0.4, 0.5) is 5.69 Å². The molecule has 5 nitrogen and oxygen atoms in total. The maximum absolute atomic E-state index is 12.1. The van der Waals surface area contributed by atoms with Gasteiger partial charge >= 0.3 is 0 Å². The van der Waals surface area contributed by atoms with Gasteiger partial charge in [-0.15, -0.1) is 0 Å². The number of hydrogen-bond acceptors (Lipinski definition) is 2. The van der Waals surface area contributed by atoms with Crippen molar-refractivity contribution < 1.29 is 14.5 Å². The monoisotopic (exact) mass is 310 g/mol. The highest BCUT2D eigenvalue weighted by Gasteiger charge is 2.27. The van der Waals surface area contributed by atoms with Gasteiger partial charge in [0.15, 0.2) is 6.54 Å². The van der Waals surface area contributed by atoms with Crippen LogP contribution in [0.2, 0.25) is 5.02 Å². The molecule has 2 rings (SSSR count). The molecule has 0 aromatic heterocycles. The number of primary amides is 1. The van der Waals surface area contributed by atoms with E-state index >= 15 is 0 Å². The van der Waals surface area contributed by atoms with Crippen LogP contribution in [0.25, 0.3) is 0 Å². The highest BCUT2D eigenvalue weighted by molar-refractivity contribution is 6.31. The summed E-state index contributed by atoms with van der Waals surface area (Å²) in [5, 5.41) is 3.50. The molecular formula is C15H21ClN3O2+. The number of anilines is 1. The molecule has 1 aliphatic rings. The Morgan fingerprint density at radius 2 is 2.05 bits per heavy atom. The van der Waals surface area contributed by atoms with E-state index in [9.17, 15) is 9.59 Å². The number of nitrogens with two attached hydrogens (primary N) is 1. The van der Waals surface area contributed by atoms with E-state index in [0.29, 0.717) is 11.6 Å². The highest BCUT2D eigenvalue weighted by Crippen LogP contribution is 2.19. The molecule has 2 amide bonds. The zero-order valence-corrected chi connectivity index (χ0v) is 12.9. The summed E-state index contributed by atoms with van der Waals surface area (Å²) in [5.74, 6) is -0.298. The van der Waals surface area contributed by atoms with Gasteiger partial charge in [-0.3, -0.25) is 9.59 Å². The van der Waals surface area contributed by atoms with Crippen LogP contribution in [0, 0.1) is 12.8 Å². The number of carbonyl (C=O) groups is 2. The van der Waals surface area contributed by atoms with Crippen LogP contribution in [0.1, 0.15) is 18.4 Å². The number of hydrogen-bond donors (Lipinski definition) is 3. The summed E-state index contributed by atoms with van der Waals surface area (Å²) in [6, 6.07) is 5.43. The third kappa shape index (κ3) is 4.44. The molecule has 0 saturated carbocycles. The maximum atomic E-state index is 12.1. The van der Waals surface area contributed by atoms with Gasteiger partial charge in [-0.1, -0.05) is 17.7 Å². The fourth-order valence-electron chi connectivity index (χ4n) is 2.64. The molecule has 0 aliphatic carbocycles. The van der Waals surface area contributed by atoms with Gasteiger partial charge in [-0.25, -0.2) is 0 Å². The minimum atomic E-state index is -0.229. The van der Waals surface area contributed by atoms with E-state index in [1.54, 1.807) is 12.1 Å². The molecule has 0 spiro atoms. The lowest BCUT2D eigenvalue weighted by atomic mass is 9.96. The molecule has 1 saturated heterocycles. The summed E-state index contributed by atoms with van der Waals surface area (Å²) in [4.78, 5) is 24.4. The van der Waals surface area contributed by atoms with Gasteiger partial charge in [0.1, 0.15) is 0 Å². The van der Waals surface area contributed by atoms with Gasteiger partial charge in [-0.2, -0.15) is 0 Å². The summed E-state index contributed by atoms with van der Waals surface area (Å²) in [5.41, 5.74) is 7.04. The van der Waals surface area contributed by atoms with E-state index in [2.05, 4.69) is 5.32 Å². The second-order valence-electron chi connectivity index (χ2n) is 5.61. The number of rotatable bonds is 4. The lowest BCUT2D eigenvalue weighted by Gasteiger charge is -2.27. The Morgan fingerprint density at radius 3 is 2.67 bits per heavy atom. The van der Waals surface area contributed by atoms with E-state index in [1.165, 1.54) is 4.90 Å². The lowest BCUT2D eigenvalue weighted by molar-refractivity contribution is -0.897. The average Bonchev–Trinajstić information content (AvgIpc) is 2.43. The van der Waals surface area contributed by atoms with Gasteiger partial charge in [0.05, 0.1) is 13.1 Å². The van der Waals surface area contributed by atoms with Crippen molar-refractivity contribution in [2.75, 3.05) is 25.0 Å². The molecule has 114 valence electrons. The van der Waals surface area contributed by atoms with Crippen LogP contribution in [-0.4, -0.2) is 31.4 Å². The van der Waals surface area contributed by atoms with E-state index in [0.717, 1.165) is 37.2 Å². The van der Waals surface area contributed by atoms with Gasteiger partial charge in [0.25, 0.3) is 5.91 Å². The van der Waals surface area contributed by atoms with Crippen LogP contribution in [-0.2, 0) is 9.59 Å². The summed E-state index contributed by atoms with van der Waals surface area (Å²) >= 11 is 5.94. The predicted octanol–water partition coefficient (Wildman–Crippen LogP) is 0.367. The van der Waals surface area contributed by atoms with Crippen molar-refractivity contribution in [3.05, 3.63) is 28.8 Å². The summed E-state index contributed by atoms with van der Waals surface area (Å²) < 4.78 is 0. The molecule has 6 heteroatoms. The number of aryl methyl sites for hydroxylation is 1. The maximum Gasteiger partial charge on any atom is 0.279 e. The first-order valence-electron chi connectivity index (χ1n) is 7.14. The van der Waals surface area contributed by atoms with E-state index in [4.69, 9.17) is 17.3 Å². The molecule has 1 aliphatic heterocycles. The molecule has 0 radical (unpaired) electrons. The van der Waals surface area contributed by atoms with Crippen LogP contribution < -0.4 is 16.0 Å². The largest absolute Gasteiger partial charge is 0.369 e. The van der Waals surface area contributed by atoms with E-state index in [1.807, 2.05) is 13.0 Å². The second kappa shape index (κ2) is 6.91. The fraction of sp³-hybridized carbons (Fsp3) is 0.467. The molecule has 1 aromatic carbocycles. The minimum Gasteiger partial charge on any atom is -0.369 e. The van der Waals surface area contributed by atoms with Crippen LogP contribution in [0.5, 0.6) is 0 Å². The average molecular weight is 311 g/mol. The van der Waals surface area contributed by atoms with Crippen molar-refractivity contribution >= 4 is 29.1 Å². The smallest absolute Gasteiger partial charge is 0.279 e. The first-order chi connectivity index (χ1) is 9.95. The molecule has 21 heavy (non-hydrogen) atoms. The molecule has 4 N–H and O–H groups in total. The number of carbonyl (C=O) groups excluding carboxylic acids is 2. The molecule has 0 unspecified atom stereocenters. The normalized spacial score (nSPS) is 21.8. The number of quaternary nitrogens is 1. The van der Waals surface area contributed by atoms with Crippen molar-refractivity contribution in [1.29, 1.82) is 0 Å². The standard InChI is InChI=1S/C15H20ClN3O2/c1-10-2-3-12(16)8-13(10)18-14(20)9-19-6-4-11(5-7-19)15(17)21/h2-3,8,11H,4-7,9H2,1H3,(H2,17,21)(H,18,20)/p+1. The Bertz CT molecular complexity index is 540. The van der Waals surface area contributed by atoms with Crippen molar-refractivity contribution in [3.8, 4) is 0 Å². The van der Waals surface area contributed by atoms with Crippen molar-refractivity contribution in [3.63, 3.8) is 0 Å². The van der Waals surface area contributed by atoms with E-state index in [-0.39, 0.29) is 17.7 Å². The van der Waals surface area contributed by atoms with Crippen molar-refractivity contribution in [2.24, 2.45) is 11.7 Å². The fourth-order valence-corrected chi connectivity index (χ4v) is 2.81. The summed E-state index contributed by atoms with van der Waals surface area (Å²) in [6.45, 7) is 3.93. The second-order valence-corrected chi connectivity index (χ2v) is 6.05. The van der Waals surface area contributed by atoms with Crippen LogP contribution >= 0.6 is 11.6 Å². The lowest BCUT2D eigenvalue weighted by Crippen LogP contribution is -3.14. The SMILES string of the molecule is Cc1ccc(Cl)cc1NC(=O)C[NH+]1CCC(C(N)=O)CC1. The Kier molecular flexibility index (Phi) is 5.20. The molecule has 0 atom stereocenters. The number of halogens is 1. The first-order valence-corrected chi connectivity index (χ1v) is 7.52. The summed E-state index contributed by atoms with van der Waals surface area (Å²) in [7, 11) is 0. The Hall–Kier alpha value is -1.59. The zero-order valence-electron chi connectivity index (χ0n) is 12.1. The first kappa shape index (κ1) is 15.8.